The minimum absolute atomic E-state index is 0.0636. The predicted molar refractivity (Wildman–Crippen MR) is 137 cm³/mol. The first-order valence-corrected chi connectivity index (χ1v) is 14.6. The third kappa shape index (κ3) is 5.21. The maximum Gasteiger partial charge on any atom is 0.291 e. The molecule has 3 aromatic rings. The quantitative estimate of drug-likeness (QED) is 0.370. The molecule has 5 heterocycles. The summed E-state index contributed by atoms with van der Waals surface area (Å²) in [6.45, 7) is 5.03. The van der Waals surface area contributed by atoms with Gasteiger partial charge < -0.3 is 15.3 Å². The Bertz CT molecular complexity index is 1460. The van der Waals surface area contributed by atoms with Crippen molar-refractivity contribution >= 4 is 50.6 Å². The van der Waals surface area contributed by atoms with E-state index in [1.807, 2.05) is 6.92 Å². The van der Waals surface area contributed by atoms with Crippen LogP contribution in [0.2, 0.25) is 5.15 Å². The van der Waals surface area contributed by atoms with Crippen molar-refractivity contribution in [1.82, 2.24) is 29.6 Å². The molecule has 16 heteroatoms. The number of hydrogen-bond donors (Lipinski definition) is 3. The molecular weight excluding hydrogens is 564 g/mol. The summed E-state index contributed by atoms with van der Waals surface area (Å²) in [5, 5.41) is 17.6. The van der Waals surface area contributed by atoms with Gasteiger partial charge in [0, 0.05) is 24.8 Å². The van der Waals surface area contributed by atoms with Crippen molar-refractivity contribution in [3.05, 3.63) is 22.4 Å². The van der Waals surface area contributed by atoms with Crippen molar-refractivity contribution in [2.75, 3.05) is 31.1 Å². The number of alkyl halides is 2. The Kier molecular flexibility index (Phi) is 7.32. The lowest BCUT2D eigenvalue weighted by atomic mass is 9.88. The Balaban J connectivity index is 0.000000937. The van der Waals surface area contributed by atoms with Crippen LogP contribution in [-0.2, 0) is 14.8 Å². The number of pyridine rings is 1. The number of aromatic nitrogens is 4. The number of carbonyl (C=O) groups is 1. The van der Waals surface area contributed by atoms with E-state index in [4.69, 9.17) is 21.5 Å². The van der Waals surface area contributed by atoms with Gasteiger partial charge in [0.1, 0.15) is 10.4 Å². The first-order valence-electron chi connectivity index (χ1n) is 12.0. The van der Waals surface area contributed by atoms with Crippen molar-refractivity contribution in [3.8, 4) is 10.8 Å². The van der Waals surface area contributed by atoms with E-state index in [2.05, 4.69) is 30.1 Å². The van der Waals surface area contributed by atoms with Gasteiger partial charge in [-0.1, -0.05) is 22.9 Å². The topological polar surface area (TPSA) is 142 Å². The largest absolute Gasteiger partial charge is 0.483 e. The molecule has 38 heavy (non-hydrogen) atoms. The van der Waals surface area contributed by atoms with Gasteiger partial charge >= 0.3 is 0 Å². The smallest absolute Gasteiger partial charge is 0.291 e. The number of anilines is 1. The summed E-state index contributed by atoms with van der Waals surface area (Å²) in [4.78, 5) is 15.0. The summed E-state index contributed by atoms with van der Waals surface area (Å²) in [5.74, 6) is 1.23. The molecule has 11 nitrogen and oxygen atoms in total. The van der Waals surface area contributed by atoms with Crippen LogP contribution in [0.1, 0.15) is 37.6 Å². The molecule has 2 atom stereocenters. The third-order valence-corrected chi connectivity index (χ3v) is 10.00. The Morgan fingerprint density at radius 3 is 2.68 bits per heavy atom. The van der Waals surface area contributed by atoms with Crippen molar-refractivity contribution in [2.45, 2.75) is 43.0 Å². The van der Waals surface area contributed by atoms with Crippen LogP contribution >= 0.6 is 22.9 Å². The number of hydrogen-bond acceptors (Lipinski definition) is 9. The molecule has 3 aliphatic rings. The molecule has 2 saturated heterocycles. The highest BCUT2D eigenvalue weighted by molar-refractivity contribution is 7.89. The lowest BCUT2D eigenvalue weighted by Gasteiger charge is -2.36. The number of piperidine rings is 1. The van der Waals surface area contributed by atoms with Crippen LogP contribution in [0.5, 0.6) is 0 Å². The molecule has 1 aliphatic carbocycles. The molecule has 0 spiro atoms. The molecule has 0 radical (unpaired) electrons. The van der Waals surface area contributed by atoms with Gasteiger partial charge in [-0.25, -0.2) is 26.9 Å². The first kappa shape index (κ1) is 27.1. The molecule has 2 aliphatic heterocycles. The monoisotopic (exact) mass is 589 g/mol. The van der Waals surface area contributed by atoms with E-state index in [0.29, 0.717) is 34.4 Å². The number of nitrogens with one attached hydrogen (secondary N) is 2. The van der Waals surface area contributed by atoms with Gasteiger partial charge in [-0.2, -0.15) is 0 Å². The van der Waals surface area contributed by atoms with Gasteiger partial charge in [0.2, 0.25) is 10.0 Å². The molecule has 3 N–H and O–H groups in total. The Morgan fingerprint density at radius 2 is 2.03 bits per heavy atom. The number of carboxylic acid groups (broad SMARTS) is 1. The molecule has 0 aromatic carbocycles. The fourth-order valence-electron chi connectivity index (χ4n) is 5.01. The average Bonchev–Trinajstić information content (AvgIpc) is 3.28. The summed E-state index contributed by atoms with van der Waals surface area (Å²) >= 11 is 7.30. The summed E-state index contributed by atoms with van der Waals surface area (Å²) in [6.07, 6.45) is 1.19. The van der Waals surface area contributed by atoms with E-state index in [9.17, 15) is 17.2 Å². The minimum atomic E-state index is -3.86. The predicted octanol–water partition coefficient (Wildman–Crippen LogP) is 3.02. The van der Waals surface area contributed by atoms with E-state index in [1.54, 1.807) is 10.5 Å². The molecule has 3 aromatic heterocycles. The maximum absolute atomic E-state index is 13.4. The minimum Gasteiger partial charge on any atom is -0.483 e. The van der Waals surface area contributed by atoms with Crippen LogP contribution in [0, 0.1) is 11.8 Å². The number of nitrogens with zero attached hydrogens (tertiary/aromatic N) is 5. The SMILES string of the molecule is CC1(NS(=O)(=O)c2cc(N3CC[C@@H]4CNC[C@@H]4C3)c3c(Cl)nc(-c4nnc(C(F)F)s4)n3c2)CC1.O=CO. The Hall–Kier alpha value is -2.46. The number of imidazole rings is 1. The molecule has 3 fully saturated rings. The molecular formula is C22H26ClF2N7O4S2. The van der Waals surface area contributed by atoms with Gasteiger partial charge in [0.25, 0.3) is 12.9 Å². The normalized spacial score (nSPS) is 22.3. The van der Waals surface area contributed by atoms with Crippen LogP contribution in [0.25, 0.3) is 16.3 Å². The molecule has 0 unspecified atom stereocenters. The highest BCUT2D eigenvalue weighted by Crippen LogP contribution is 2.40. The van der Waals surface area contributed by atoms with Crippen LogP contribution in [0.15, 0.2) is 17.2 Å². The molecule has 206 valence electrons. The fourth-order valence-corrected chi connectivity index (χ4v) is 7.44. The zero-order valence-electron chi connectivity index (χ0n) is 20.3. The van der Waals surface area contributed by atoms with Gasteiger partial charge in [0.05, 0.1) is 5.69 Å². The van der Waals surface area contributed by atoms with Crippen LogP contribution in [0.4, 0.5) is 14.5 Å². The fraction of sp³-hybridized carbons (Fsp3) is 0.545. The van der Waals surface area contributed by atoms with Crippen molar-refractivity contribution in [3.63, 3.8) is 0 Å². The average molecular weight is 590 g/mol. The summed E-state index contributed by atoms with van der Waals surface area (Å²) in [6, 6.07) is 1.65. The van der Waals surface area contributed by atoms with Crippen molar-refractivity contribution in [2.24, 2.45) is 11.8 Å². The molecule has 1 saturated carbocycles. The highest BCUT2D eigenvalue weighted by Gasteiger charge is 2.42. The number of fused-ring (bicyclic) bond motifs is 2. The van der Waals surface area contributed by atoms with Crippen LogP contribution < -0.4 is 14.9 Å². The van der Waals surface area contributed by atoms with Gasteiger partial charge in [-0.3, -0.25) is 9.20 Å². The molecule has 6 rings (SSSR count). The standard InChI is InChI=1S/C21H24ClF2N7O2S2.CH2O2/c1-21(3-4-21)29-35(32,33)13-6-14(30-5-2-11-7-25-8-12(11)9-30)15-16(22)26-18(31(15)10-13)20-28-27-19(34-20)17(23)24;2-1-3/h6,10-12,17,25,29H,2-5,7-9H2,1H3;1H,(H,2,3)/t11-,12-;/m1./s1. The van der Waals surface area contributed by atoms with Crippen LogP contribution in [-0.4, -0.2) is 71.3 Å². The second-order valence-electron chi connectivity index (χ2n) is 9.94. The van der Waals surface area contributed by atoms with Gasteiger partial charge in [-0.05, 0) is 57.2 Å². The molecule has 0 bridgehead atoms. The Labute approximate surface area is 226 Å². The Morgan fingerprint density at radius 1 is 1.32 bits per heavy atom. The lowest BCUT2D eigenvalue weighted by molar-refractivity contribution is -0.122. The number of halogens is 3. The summed E-state index contributed by atoms with van der Waals surface area (Å²) < 4.78 is 57.4. The van der Waals surface area contributed by atoms with E-state index in [-0.39, 0.29) is 27.4 Å². The number of rotatable bonds is 6. The van der Waals surface area contributed by atoms with Gasteiger partial charge in [-0.15, -0.1) is 10.2 Å². The van der Waals surface area contributed by atoms with E-state index >= 15 is 0 Å². The highest BCUT2D eigenvalue weighted by atomic mass is 35.5. The third-order valence-electron chi connectivity index (χ3n) is 7.20. The van der Waals surface area contributed by atoms with Crippen molar-refractivity contribution < 1.29 is 27.1 Å². The summed E-state index contributed by atoms with van der Waals surface area (Å²) in [5.41, 5.74) is 0.723. The van der Waals surface area contributed by atoms with E-state index in [1.165, 1.54) is 6.20 Å². The maximum atomic E-state index is 13.4. The van der Waals surface area contributed by atoms with Crippen LogP contribution in [0.3, 0.4) is 0 Å². The second-order valence-corrected chi connectivity index (χ2v) is 13.0. The lowest BCUT2D eigenvalue weighted by Crippen LogP contribution is -2.40. The number of sulfonamides is 1. The van der Waals surface area contributed by atoms with Gasteiger partial charge in [0.15, 0.2) is 21.0 Å². The second kappa shape index (κ2) is 10.3. The summed E-state index contributed by atoms with van der Waals surface area (Å²) in [7, 11) is -3.86. The van der Waals surface area contributed by atoms with E-state index in [0.717, 1.165) is 45.4 Å². The molecule has 0 amide bonds. The zero-order chi connectivity index (χ0) is 27.2. The van der Waals surface area contributed by atoms with Crippen molar-refractivity contribution in [1.29, 1.82) is 0 Å². The van der Waals surface area contributed by atoms with E-state index < -0.39 is 27.0 Å². The first-order chi connectivity index (χ1) is 18.0. The zero-order valence-corrected chi connectivity index (χ0v) is 22.7.